The van der Waals surface area contributed by atoms with Crippen LogP contribution in [0.3, 0.4) is 0 Å². The molecule has 0 amide bonds. The summed E-state index contributed by atoms with van der Waals surface area (Å²) in [6.07, 6.45) is 1.35. The number of hydrogen-bond donors (Lipinski definition) is 0. The SMILES string of the molecule is CC(C)CC(C)CN(CC(C)C)CC(C)C. The fourth-order valence-corrected chi connectivity index (χ4v) is 2.58. The normalized spacial score (nSPS) is 14.4. The maximum atomic E-state index is 2.66. The van der Waals surface area contributed by atoms with Gasteiger partial charge < -0.3 is 4.90 Å². The average molecular weight is 227 g/mol. The Morgan fingerprint density at radius 3 is 1.38 bits per heavy atom. The second-order valence-electron chi connectivity index (χ2n) is 6.74. The first-order valence-electron chi connectivity index (χ1n) is 7.03. The van der Waals surface area contributed by atoms with Crippen LogP contribution in [-0.2, 0) is 0 Å². The molecule has 1 atom stereocenters. The Kier molecular flexibility index (Phi) is 8.09. The van der Waals surface area contributed by atoms with E-state index in [2.05, 4.69) is 53.4 Å². The fourth-order valence-electron chi connectivity index (χ4n) is 2.58. The summed E-state index contributed by atoms with van der Waals surface area (Å²) in [6.45, 7) is 20.1. The minimum Gasteiger partial charge on any atom is -0.303 e. The standard InChI is InChI=1S/C15H33N/c1-12(2)8-15(7)11-16(9-13(3)4)10-14(5)6/h12-15H,8-11H2,1-7H3. The first kappa shape index (κ1) is 16.0. The number of hydrogen-bond acceptors (Lipinski definition) is 1. The largest absolute Gasteiger partial charge is 0.303 e. The molecule has 0 aromatic rings. The Labute approximate surface area is 104 Å². The molecule has 1 nitrogen and oxygen atoms in total. The monoisotopic (exact) mass is 227 g/mol. The molecular weight excluding hydrogens is 194 g/mol. The van der Waals surface area contributed by atoms with E-state index in [4.69, 9.17) is 0 Å². The zero-order chi connectivity index (χ0) is 12.7. The lowest BCUT2D eigenvalue weighted by Gasteiger charge is -2.29. The Balaban J connectivity index is 4.08. The van der Waals surface area contributed by atoms with E-state index in [1.807, 2.05) is 0 Å². The van der Waals surface area contributed by atoms with Gasteiger partial charge in [-0.2, -0.15) is 0 Å². The summed E-state index contributed by atoms with van der Waals surface area (Å²) >= 11 is 0. The molecule has 0 rings (SSSR count). The van der Waals surface area contributed by atoms with Gasteiger partial charge in [-0.15, -0.1) is 0 Å². The van der Waals surface area contributed by atoms with Crippen LogP contribution in [0.25, 0.3) is 0 Å². The van der Waals surface area contributed by atoms with Gasteiger partial charge in [0.15, 0.2) is 0 Å². The molecule has 16 heavy (non-hydrogen) atoms. The fraction of sp³-hybridized carbons (Fsp3) is 1.00. The lowest BCUT2D eigenvalue weighted by Crippen LogP contribution is -2.35. The van der Waals surface area contributed by atoms with Crippen LogP contribution < -0.4 is 0 Å². The predicted octanol–water partition coefficient (Wildman–Crippen LogP) is 4.28. The van der Waals surface area contributed by atoms with E-state index >= 15 is 0 Å². The number of nitrogens with zero attached hydrogens (tertiary/aromatic N) is 1. The van der Waals surface area contributed by atoms with Crippen LogP contribution in [0.5, 0.6) is 0 Å². The van der Waals surface area contributed by atoms with Crippen molar-refractivity contribution in [2.75, 3.05) is 19.6 Å². The minimum atomic E-state index is 0.782. The molecule has 0 saturated carbocycles. The Morgan fingerprint density at radius 2 is 1.06 bits per heavy atom. The lowest BCUT2D eigenvalue weighted by atomic mass is 9.97. The van der Waals surface area contributed by atoms with Crippen LogP contribution in [0.4, 0.5) is 0 Å². The van der Waals surface area contributed by atoms with Crippen molar-refractivity contribution < 1.29 is 0 Å². The van der Waals surface area contributed by atoms with Crippen molar-refractivity contribution in [3.05, 3.63) is 0 Å². The van der Waals surface area contributed by atoms with Crippen molar-refractivity contribution in [2.45, 2.75) is 54.9 Å². The van der Waals surface area contributed by atoms with Crippen molar-refractivity contribution in [3.8, 4) is 0 Å². The van der Waals surface area contributed by atoms with E-state index in [1.165, 1.54) is 26.1 Å². The van der Waals surface area contributed by atoms with Crippen molar-refractivity contribution in [1.29, 1.82) is 0 Å². The molecule has 0 N–H and O–H groups in total. The van der Waals surface area contributed by atoms with Gasteiger partial charge in [0, 0.05) is 19.6 Å². The molecule has 0 spiro atoms. The van der Waals surface area contributed by atoms with Gasteiger partial charge in [0.05, 0.1) is 0 Å². The molecule has 0 aliphatic heterocycles. The second-order valence-corrected chi connectivity index (χ2v) is 6.74. The molecule has 0 aromatic heterocycles. The molecule has 0 aliphatic carbocycles. The zero-order valence-corrected chi connectivity index (χ0v) is 12.6. The van der Waals surface area contributed by atoms with Gasteiger partial charge in [-0.1, -0.05) is 48.5 Å². The van der Waals surface area contributed by atoms with Crippen LogP contribution in [-0.4, -0.2) is 24.5 Å². The van der Waals surface area contributed by atoms with Crippen LogP contribution >= 0.6 is 0 Å². The molecule has 0 aliphatic rings. The quantitative estimate of drug-likeness (QED) is 0.598. The van der Waals surface area contributed by atoms with Crippen molar-refractivity contribution in [1.82, 2.24) is 4.90 Å². The topological polar surface area (TPSA) is 3.24 Å². The van der Waals surface area contributed by atoms with E-state index in [0.717, 1.165) is 23.7 Å². The summed E-state index contributed by atoms with van der Waals surface area (Å²) in [4.78, 5) is 2.66. The molecule has 0 saturated heterocycles. The molecule has 0 aromatic carbocycles. The van der Waals surface area contributed by atoms with E-state index in [-0.39, 0.29) is 0 Å². The van der Waals surface area contributed by atoms with Crippen LogP contribution in [0, 0.1) is 23.7 Å². The van der Waals surface area contributed by atoms with E-state index in [9.17, 15) is 0 Å². The predicted molar refractivity (Wildman–Crippen MR) is 74.7 cm³/mol. The van der Waals surface area contributed by atoms with Crippen molar-refractivity contribution in [2.24, 2.45) is 23.7 Å². The molecule has 0 bridgehead atoms. The van der Waals surface area contributed by atoms with E-state index in [0.29, 0.717) is 0 Å². The lowest BCUT2D eigenvalue weighted by molar-refractivity contribution is 0.183. The summed E-state index contributed by atoms with van der Waals surface area (Å²) in [5.74, 6) is 3.22. The van der Waals surface area contributed by atoms with Crippen LogP contribution in [0.2, 0.25) is 0 Å². The van der Waals surface area contributed by atoms with E-state index in [1.54, 1.807) is 0 Å². The highest BCUT2D eigenvalue weighted by Crippen LogP contribution is 2.14. The Hall–Kier alpha value is -0.0400. The highest BCUT2D eigenvalue weighted by atomic mass is 15.1. The van der Waals surface area contributed by atoms with Gasteiger partial charge in [-0.3, -0.25) is 0 Å². The molecular formula is C15H33N. The Bertz CT molecular complexity index is 151. The number of rotatable bonds is 8. The van der Waals surface area contributed by atoms with Gasteiger partial charge in [-0.25, -0.2) is 0 Å². The molecule has 1 unspecified atom stereocenters. The van der Waals surface area contributed by atoms with Crippen molar-refractivity contribution >= 4 is 0 Å². The minimum absolute atomic E-state index is 0.782. The van der Waals surface area contributed by atoms with Gasteiger partial charge in [0.25, 0.3) is 0 Å². The third kappa shape index (κ3) is 9.21. The maximum Gasteiger partial charge on any atom is 0.000734 e. The first-order chi connectivity index (χ1) is 7.31. The van der Waals surface area contributed by atoms with Crippen LogP contribution in [0.1, 0.15) is 54.9 Å². The maximum absolute atomic E-state index is 2.66. The van der Waals surface area contributed by atoms with Crippen molar-refractivity contribution in [3.63, 3.8) is 0 Å². The van der Waals surface area contributed by atoms with Gasteiger partial charge in [-0.05, 0) is 30.1 Å². The molecule has 0 heterocycles. The van der Waals surface area contributed by atoms with Gasteiger partial charge in [0.1, 0.15) is 0 Å². The molecule has 0 radical (unpaired) electrons. The Morgan fingerprint density at radius 1 is 0.625 bits per heavy atom. The molecule has 0 fully saturated rings. The first-order valence-corrected chi connectivity index (χ1v) is 7.03. The van der Waals surface area contributed by atoms with Gasteiger partial charge in [0.2, 0.25) is 0 Å². The zero-order valence-electron chi connectivity index (χ0n) is 12.6. The summed E-state index contributed by atoms with van der Waals surface area (Å²) in [7, 11) is 0. The average Bonchev–Trinajstić information content (AvgIpc) is 1.97. The van der Waals surface area contributed by atoms with Gasteiger partial charge >= 0.3 is 0 Å². The molecule has 1 heteroatoms. The summed E-state index contributed by atoms with van der Waals surface area (Å²) in [5.41, 5.74) is 0. The highest BCUT2D eigenvalue weighted by Gasteiger charge is 2.13. The molecule has 98 valence electrons. The summed E-state index contributed by atoms with van der Waals surface area (Å²) < 4.78 is 0. The smallest absolute Gasteiger partial charge is 0.000734 e. The summed E-state index contributed by atoms with van der Waals surface area (Å²) in [5, 5.41) is 0. The summed E-state index contributed by atoms with van der Waals surface area (Å²) in [6, 6.07) is 0. The van der Waals surface area contributed by atoms with E-state index < -0.39 is 0 Å². The highest BCUT2D eigenvalue weighted by molar-refractivity contribution is 4.67. The second kappa shape index (κ2) is 8.11. The third-order valence-electron chi connectivity index (χ3n) is 2.69. The third-order valence-corrected chi connectivity index (χ3v) is 2.69. The van der Waals surface area contributed by atoms with Crippen LogP contribution in [0.15, 0.2) is 0 Å².